The molecule has 0 fully saturated rings. The zero-order valence-electron chi connectivity index (χ0n) is 12.7. The summed E-state index contributed by atoms with van der Waals surface area (Å²) in [4.78, 5) is 22.7. The van der Waals surface area contributed by atoms with Crippen molar-refractivity contribution in [3.8, 4) is 0 Å². The first-order valence-corrected chi connectivity index (χ1v) is 6.75. The summed E-state index contributed by atoms with van der Waals surface area (Å²) in [6.45, 7) is 10.2. The lowest BCUT2D eigenvalue weighted by Crippen LogP contribution is -2.41. The minimum atomic E-state index is -0.984. The summed E-state index contributed by atoms with van der Waals surface area (Å²) in [5.74, 6) is -1.26. The van der Waals surface area contributed by atoms with Crippen LogP contribution in [-0.4, -0.2) is 35.7 Å². The van der Waals surface area contributed by atoms with E-state index in [2.05, 4.69) is 5.32 Å². The Kier molecular flexibility index (Phi) is 7.68. The van der Waals surface area contributed by atoms with Gasteiger partial charge in [0.1, 0.15) is 6.04 Å². The molecular weight excluding hydrogens is 246 g/mol. The van der Waals surface area contributed by atoms with Crippen LogP contribution in [0.5, 0.6) is 0 Å². The van der Waals surface area contributed by atoms with Crippen LogP contribution in [0.15, 0.2) is 0 Å². The van der Waals surface area contributed by atoms with E-state index in [0.29, 0.717) is 13.0 Å². The summed E-state index contributed by atoms with van der Waals surface area (Å²) in [5.41, 5.74) is 0.0547. The van der Waals surface area contributed by atoms with Crippen molar-refractivity contribution >= 4 is 11.9 Å². The third-order valence-corrected chi connectivity index (χ3v) is 2.60. The second-order valence-electron chi connectivity index (χ2n) is 6.23. The normalized spacial score (nSPS) is 13.4. The van der Waals surface area contributed by atoms with Gasteiger partial charge in [-0.15, -0.1) is 0 Å². The monoisotopic (exact) mass is 273 g/mol. The van der Waals surface area contributed by atoms with Crippen LogP contribution in [0.1, 0.15) is 53.9 Å². The molecule has 0 aliphatic carbocycles. The average Bonchev–Trinajstić information content (AvgIpc) is 2.21. The number of ether oxygens (including phenoxy) is 1. The second-order valence-corrected chi connectivity index (χ2v) is 6.23. The lowest BCUT2D eigenvalue weighted by molar-refractivity contribution is -0.142. The first kappa shape index (κ1) is 17.9. The molecule has 0 radical (unpaired) electrons. The molecule has 0 aromatic heterocycles. The fourth-order valence-electron chi connectivity index (χ4n) is 1.49. The minimum absolute atomic E-state index is 0.0547. The number of carboxylic acid groups (broad SMARTS) is 1. The number of aliphatic carboxylic acids is 1. The Bertz CT molecular complexity index is 294. The van der Waals surface area contributed by atoms with Crippen molar-refractivity contribution in [3.05, 3.63) is 0 Å². The SMILES string of the molecule is CC(C)OCCC(=O)NC(CCC(C)(C)C)C(=O)O. The maximum Gasteiger partial charge on any atom is 0.326 e. The van der Waals surface area contributed by atoms with Gasteiger partial charge in [-0.25, -0.2) is 4.79 Å². The highest BCUT2D eigenvalue weighted by atomic mass is 16.5. The summed E-state index contributed by atoms with van der Waals surface area (Å²) in [7, 11) is 0. The molecule has 1 atom stereocenters. The molecule has 2 N–H and O–H groups in total. The molecule has 19 heavy (non-hydrogen) atoms. The van der Waals surface area contributed by atoms with E-state index >= 15 is 0 Å². The number of rotatable bonds is 8. The zero-order chi connectivity index (χ0) is 15.1. The molecule has 0 heterocycles. The van der Waals surface area contributed by atoms with Gasteiger partial charge < -0.3 is 15.2 Å². The summed E-state index contributed by atoms with van der Waals surface area (Å²) in [5, 5.41) is 11.6. The van der Waals surface area contributed by atoms with Crippen molar-refractivity contribution in [2.75, 3.05) is 6.61 Å². The number of nitrogens with one attached hydrogen (secondary N) is 1. The average molecular weight is 273 g/mol. The van der Waals surface area contributed by atoms with E-state index in [0.717, 1.165) is 6.42 Å². The molecule has 1 unspecified atom stereocenters. The number of carbonyl (C=O) groups is 2. The van der Waals surface area contributed by atoms with E-state index in [4.69, 9.17) is 9.84 Å². The highest BCUT2D eigenvalue weighted by Gasteiger charge is 2.22. The third-order valence-electron chi connectivity index (χ3n) is 2.60. The van der Waals surface area contributed by atoms with E-state index in [1.807, 2.05) is 34.6 Å². The second kappa shape index (κ2) is 8.15. The first-order chi connectivity index (χ1) is 8.61. The highest BCUT2D eigenvalue weighted by molar-refractivity contribution is 5.83. The van der Waals surface area contributed by atoms with Gasteiger partial charge >= 0.3 is 5.97 Å². The predicted molar refractivity (Wildman–Crippen MR) is 74.0 cm³/mol. The Balaban J connectivity index is 4.13. The van der Waals surface area contributed by atoms with Crippen LogP contribution in [0, 0.1) is 5.41 Å². The Labute approximate surface area is 115 Å². The van der Waals surface area contributed by atoms with Crippen molar-refractivity contribution < 1.29 is 19.4 Å². The smallest absolute Gasteiger partial charge is 0.326 e. The number of hydrogen-bond acceptors (Lipinski definition) is 3. The fraction of sp³-hybridized carbons (Fsp3) is 0.857. The summed E-state index contributed by atoms with van der Waals surface area (Å²) in [6, 6.07) is -0.814. The van der Waals surface area contributed by atoms with Crippen LogP contribution in [0.4, 0.5) is 0 Å². The van der Waals surface area contributed by atoms with E-state index in [1.54, 1.807) is 0 Å². The summed E-state index contributed by atoms with van der Waals surface area (Å²) < 4.78 is 5.26. The maximum absolute atomic E-state index is 11.6. The maximum atomic E-state index is 11.6. The quantitative estimate of drug-likeness (QED) is 0.711. The number of amides is 1. The molecule has 0 rings (SSSR count). The van der Waals surface area contributed by atoms with E-state index < -0.39 is 12.0 Å². The molecule has 0 saturated carbocycles. The van der Waals surface area contributed by atoms with Crippen molar-refractivity contribution in [2.45, 2.75) is 66.0 Å². The van der Waals surface area contributed by atoms with Gasteiger partial charge in [-0.05, 0) is 32.1 Å². The van der Waals surface area contributed by atoms with E-state index in [-0.39, 0.29) is 23.8 Å². The van der Waals surface area contributed by atoms with Gasteiger partial charge in [-0.1, -0.05) is 20.8 Å². The van der Waals surface area contributed by atoms with Gasteiger partial charge in [0.25, 0.3) is 0 Å². The van der Waals surface area contributed by atoms with Crippen LogP contribution in [0.25, 0.3) is 0 Å². The number of carbonyl (C=O) groups excluding carboxylic acids is 1. The Morgan fingerprint density at radius 2 is 1.84 bits per heavy atom. The molecule has 0 aliphatic heterocycles. The van der Waals surface area contributed by atoms with Crippen LogP contribution in [-0.2, 0) is 14.3 Å². The van der Waals surface area contributed by atoms with Crippen molar-refractivity contribution in [1.82, 2.24) is 5.32 Å². The van der Waals surface area contributed by atoms with Crippen molar-refractivity contribution in [1.29, 1.82) is 0 Å². The molecule has 0 aromatic rings. The van der Waals surface area contributed by atoms with Crippen LogP contribution in [0.3, 0.4) is 0 Å². The lowest BCUT2D eigenvalue weighted by atomic mass is 9.88. The minimum Gasteiger partial charge on any atom is -0.480 e. The zero-order valence-corrected chi connectivity index (χ0v) is 12.7. The molecule has 112 valence electrons. The summed E-state index contributed by atoms with van der Waals surface area (Å²) in [6.07, 6.45) is 1.45. The van der Waals surface area contributed by atoms with Crippen LogP contribution >= 0.6 is 0 Å². The molecule has 5 nitrogen and oxygen atoms in total. The Morgan fingerprint density at radius 3 is 2.26 bits per heavy atom. The van der Waals surface area contributed by atoms with Crippen molar-refractivity contribution in [3.63, 3.8) is 0 Å². The molecule has 0 spiro atoms. The van der Waals surface area contributed by atoms with E-state index in [9.17, 15) is 9.59 Å². The molecule has 0 saturated heterocycles. The largest absolute Gasteiger partial charge is 0.480 e. The number of hydrogen-bond donors (Lipinski definition) is 2. The first-order valence-electron chi connectivity index (χ1n) is 6.75. The van der Waals surface area contributed by atoms with Crippen LogP contribution < -0.4 is 5.32 Å². The number of carboxylic acids is 1. The Hall–Kier alpha value is -1.10. The third kappa shape index (κ3) is 10.5. The van der Waals surface area contributed by atoms with Gasteiger partial charge in [0, 0.05) is 6.42 Å². The van der Waals surface area contributed by atoms with Crippen molar-refractivity contribution in [2.24, 2.45) is 5.41 Å². The van der Waals surface area contributed by atoms with Gasteiger partial charge in [0.15, 0.2) is 0 Å². The highest BCUT2D eigenvalue weighted by Crippen LogP contribution is 2.21. The van der Waals surface area contributed by atoms with Crippen LogP contribution in [0.2, 0.25) is 0 Å². The van der Waals surface area contributed by atoms with Gasteiger partial charge in [-0.2, -0.15) is 0 Å². The molecule has 5 heteroatoms. The predicted octanol–water partition coefficient (Wildman–Crippen LogP) is 2.20. The lowest BCUT2D eigenvalue weighted by Gasteiger charge is -2.21. The van der Waals surface area contributed by atoms with E-state index in [1.165, 1.54) is 0 Å². The molecule has 0 aromatic carbocycles. The Morgan fingerprint density at radius 1 is 1.26 bits per heavy atom. The molecular formula is C14H27NO4. The topological polar surface area (TPSA) is 75.6 Å². The van der Waals surface area contributed by atoms with Gasteiger partial charge in [0.05, 0.1) is 12.7 Å². The van der Waals surface area contributed by atoms with Gasteiger partial charge in [-0.3, -0.25) is 4.79 Å². The van der Waals surface area contributed by atoms with Gasteiger partial charge in [0.2, 0.25) is 5.91 Å². The molecule has 1 amide bonds. The molecule has 0 aliphatic rings. The summed E-state index contributed by atoms with van der Waals surface area (Å²) >= 11 is 0. The molecule has 0 bridgehead atoms. The fourth-order valence-corrected chi connectivity index (χ4v) is 1.49. The standard InChI is InChI=1S/C14H27NO4/c1-10(2)19-9-7-12(16)15-11(13(17)18)6-8-14(3,4)5/h10-11H,6-9H2,1-5H3,(H,15,16)(H,17,18).